The van der Waals surface area contributed by atoms with E-state index in [4.69, 9.17) is 23.1 Å². The van der Waals surface area contributed by atoms with Crippen molar-refractivity contribution in [1.29, 1.82) is 0 Å². The minimum atomic E-state index is -4.56. The summed E-state index contributed by atoms with van der Waals surface area (Å²) in [7, 11) is 0. The second-order valence-corrected chi connectivity index (χ2v) is 7.41. The number of nitrogens with two attached hydrogens (primary N) is 2. The summed E-state index contributed by atoms with van der Waals surface area (Å²) in [5.74, 6) is -1.51. The normalized spacial score (nSPS) is 21.8. The molecule has 2 heterocycles. The molecule has 0 fully saturated rings. The maximum atomic E-state index is 13.4. The molecule has 0 aliphatic heterocycles. The average Bonchev–Trinajstić information content (AvgIpc) is 2.92. The van der Waals surface area contributed by atoms with Crippen molar-refractivity contribution in [3.8, 4) is 11.4 Å². The molecule has 2 atom stereocenters. The molecule has 1 amide bonds. The van der Waals surface area contributed by atoms with Crippen LogP contribution in [0.5, 0.6) is 0 Å². The predicted molar refractivity (Wildman–Crippen MR) is 99.7 cm³/mol. The number of nitrogen functional groups attached to an aromatic ring is 1. The van der Waals surface area contributed by atoms with Gasteiger partial charge in [-0.1, -0.05) is 24.3 Å². The summed E-state index contributed by atoms with van der Waals surface area (Å²) < 4.78 is 41.2. The number of rotatable bonds is 4. The van der Waals surface area contributed by atoms with Gasteiger partial charge >= 0.3 is 6.18 Å². The number of halogens is 4. The predicted octanol–water partition coefficient (Wildman–Crippen LogP) is 3.40. The molecule has 2 unspecified atom stereocenters. The number of aromatic nitrogens is 3. The first-order valence-electron chi connectivity index (χ1n) is 8.22. The van der Waals surface area contributed by atoms with E-state index in [1.54, 1.807) is 31.2 Å². The molecule has 6 nitrogen and oxygen atoms in total. The molecule has 148 valence electrons. The fourth-order valence-electron chi connectivity index (χ4n) is 3.24. The first kappa shape index (κ1) is 19.9. The van der Waals surface area contributed by atoms with E-state index in [9.17, 15) is 18.0 Å². The average molecular weight is 412 g/mol. The van der Waals surface area contributed by atoms with Gasteiger partial charge in [-0.25, -0.2) is 9.97 Å². The van der Waals surface area contributed by atoms with Crippen molar-refractivity contribution in [1.82, 2.24) is 14.5 Å². The molecule has 2 aromatic heterocycles. The maximum Gasteiger partial charge on any atom is 0.406 e. The van der Waals surface area contributed by atoms with Gasteiger partial charge in [0.1, 0.15) is 18.7 Å². The quantitative estimate of drug-likeness (QED) is 0.753. The SMILES string of the molecule is CC1(Cl)C=CC=CC1c1c(C(N)=O)cc(-c2cc(N)ncn2)n1CC(F)(F)F. The van der Waals surface area contributed by atoms with Gasteiger partial charge in [-0.15, -0.1) is 11.6 Å². The van der Waals surface area contributed by atoms with Crippen LogP contribution >= 0.6 is 11.6 Å². The molecular formula is C18H17ClF3N5O. The Hall–Kier alpha value is -2.81. The number of anilines is 1. The summed E-state index contributed by atoms with van der Waals surface area (Å²) in [6.07, 6.45) is 3.21. The first-order chi connectivity index (χ1) is 13.0. The van der Waals surface area contributed by atoms with Crippen LogP contribution < -0.4 is 11.5 Å². The van der Waals surface area contributed by atoms with Crippen LogP contribution in [0.4, 0.5) is 19.0 Å². The highest BCUT2D eigenvalue weighted by Gasteiger charge is 2.39. The van der Waals surface area contributed by atoms with Crippen molar-refractivity contribution in [2.75, 3.05) is 5.73 Å². The van der Waals surface area contributed by atoms with E-state index in [2.05, 4.69) is 9.97 Å². The Labute approximate surface area is 163 Å². The van der Waals surface area contributed by atoms with Crippen LogP contribution in [0, 0.1) is 0 Å². The molecule has 4 N–H and O–H groups in total. The summed E-state index contributed by atoms with van der Waals surface area (Å²) in [6, 6.07) is 2.61. The molecule has 28 heavy (non-hydrogen) atoms. The van der Waals surface area contributed by atoms with Crippen molar-refractivity contribution in [3.63, 3.8) is 0 Å². The van der Waals surface area contributed by atoms with Gasteiger partial charge in [-0.05, 0) is 13.0 Å². The summed E-state index contributed by atoms with van der Waals surface area (Å²) in [5.41, 5.74) is 11.3. The summed E-state index contributed by atoms with van der Waals surface area (Å²) in [6.45, 7) is 0.299. The molecule has 0 saturated carbocycles. The van der Waals surface area contributed by atoms with Crippen molar-refractivity contribution in [3.05, 3.63) is 54.0 Å². The van der Waals surface area contributed by atoms with E-state index in [1.165, 1.54) is 12.1 Å². The number of amides is 1. The third-order valence-electron chi connectivity index (χ3n) is 4.43. The van der Waals surface area contributed by atoms with E-state index < -0.39 is 29.4 Å². The van der Waals surface area contributed by atoms with E-state index in [0.717, 1.165) is 10.9 Å². The molecule has 1 aliphatic carbocycles. The number of nitrogens with zero attached hydrogens (tertiary/aromatic N) is 3. The second kappa shape index (κ2) is 6.97. The fourth-order valence-corrected chi connectivity index (χ4v) is 3.49. The van der Waals surface area contributed by atoms with Crippen LogP contribution in [0.3, 0.4) is 0 Å². The monoisotopic (exact) mass is 411 g/mol. The number of primary amides is 1. The molecule has 3 rings (SSSR count). The molecule has 1 aliphatic rings. The van der Waals surface area contributed by atoms with E-state index in [1.807, 2.05) is 0 Å². The van der Waals surface area contributed by atoms with Crippen LogP contribution in [0.2, 0.25) is 0 Å². The van der Waals surface area contributed by atoms with Crippen molar-refractivity contribution < 1.29 is 18.0 Å². The summed E-state index contributed by atoms with van der Waals surface area (Å²) >= 11 is 6.54. The minimum absolute atomic E-state index is 0.0469. The summed E-state index contributed by atoms with van der Waals surface area (Å²) in [5, 5.41) is 0. The zero-order chi connectivity index (χ0) is 20.7. The Morgan fingerprint density at radius 2 is 2.04 bits per heavy atom. The number of alkyl halides is 4. The number of hydrogen-bond donors (Lipinski definition) is 2. The fraction of sp³-hybridized carbons (Fsp3) is 0.278. The maximum absolute atomic E-state index is 13.4. The third kappa shape index (κ3) is 3.89. The van der Waals surface area contributed by atoms with Crippen LogP contribution in [-0.4, -0.2) is 31.5 Å². The van der Waals surface area contributed by atoms with Crippen molar-refractivity contribution in [2.45, 2.75) is 30.4 Å². The largest absolute Gasteiger partial charge is 0.406 e. The molecule has 10 heteroatoms. The topological polar surface area (TPSA) is 99.8 Å². The van der Waals surface area contributed by atoms with Crippen LogP contribution in [0.1, 0.15) is 28.9 Å². The van der Waals surface area contributed by atoms with Gasteiger partial charge in [0.2, 0.25) is 0 Å². The Balaban J connectivity index is 2.31. The highest BCUT2D eigenvalue weighted by atomic mass is 35.5. The lowest BCUT2D eigenvalue weighted by atomic mass is 9.84. The van der Waals surface area contributed by atoms with Gasteiger partial charge < -0.3 is 16.0 Å². The van der Waals surface area contributed by atoms with Gasteiger partial charge in [-0.2, -0.15) is 13.2 Å². The van der Waals surface area contributed by atoms with E-state index in [-0.39, 0.29) is 28.5 Å². The number of carbonyl (C=O) groups is 1. The smallest absolute Gasteiger partial charge is 0.384 e. The molecule has 0 spiro atoms. The van der Waals surface area contributed by atoms with E-state index in [0.29, 0.717) is 0 Å². The summed E-state index contributed by atoms with van der Waals surface area (Å²) in [4.78, 5) is 18.8. The van der Waals surface area contributed by atoms with Gasteiger partial charge in [0.25, 0.3) is 5.91 Å². The third-order valence-corrected chi connectivity index (χ3v) is 4.79. The Morgan fingerprint density at radius 1 is 1.32 bits per heavy atom. The number of allylic oxidation sites excluding steroid dienone is 4. The Kier molecular flexibility index (Phi) is 4.97. The van der Waals surface area contributed by atoms with Crippen LogP contribution in [-0.2, 0) is 6.54 Å². The first-order valence-corrected chi connectivity index (χ1v) is 8.60. The lowest BCUT2D eigenvalue weighted by Crippen LogP contribution is -2.31. The zero-order valence-electron chi connectivity index (χ0n) is 14.7. The Morgan fingerprint density at radius 3 is 2.61 bits per heavy atom. The number of hydrogen-bond acceptors (Lipinski definition) is 4. The molecule has 0 bridgehead atoms. The molecular weight excluding hydrogens is 395 g/mol. The van der Waals surface area contributed by atoms with Crippen LogP contribution in [0.15, 0.2) is 42.8 Å². The lowest BCUT2D eigenvalue weighted by Gasteiger charge is -2.31. The van der Waals surface area contributed by atoms with Gasteiger partial charge in [0, 0.05) is 17.7 Å². The van der Waals surface area contributed by atoms with Gasteiger partial charge in [0.15, 0.2) is 0 Å². The standard InChI is InChI=1S/C18H17ClF3N5O/c1-17(19)5-3-2-4-11(17)15-10(16(24)28)6-13(27(15)8-18(20,21)22)12-7-14(23)26-9-25-12/h2-7,9,11H,8H2,1H3,(H2,24,28)(H2,23,25,26). The van der Waals surface area contributed by atoms with Crippen molar-refractivity contribution in [2.24, 2.45) is 5.73 Å². The highest BCUT2D eigenvalue weighted by molar-refractivity contribution is 6.26. The minimum Gasteiger partial charge on any atom is -0.384 e. The lowest BCUT2D eigenvalue weighted by molar-refractivity contribution is -0.140. The second-order valence-electron chi connectivity index (χ2n) is 6.60. The van der Waals surface area contributed by atoms with Gasteiger partial charge in [0.05, 0.1) is 21.8 Å². The number of carbonyl (C=O) groups excluding carboxylic acids is 1. The van der Waals surface area contributed by atoms with Crippen molar-refractivity contribution >= 4 is 23.3 Å². The molecule has 2 aromatic rings. The highest BCUT2D eigenvalue weighted by Crippen LogP contribution is 2.43. The van der Waals surface area contributed by atoms with Gasteiger partial charge in [-0.3, -0.25) is 4.79 Å². The van der Waals surface area contributed by atoms with Crippen LogP contribution in [0.25, 0.3) is 11.4 Å². The zero-order valence-corrected chi connectivity index (χ0v) is 15.5. The Bertz CT molecular complexity index is 978. The molecule has 0 aromatic carbocycles. The molecule has 0 saturated heterocycles. The van der Waals surface area contributed by atoms with E-state index >= 15 is 0 Å². The molecule has 0 radical (unpaired) electrons.